The Kier molecular flexibility index (Phi) is 5.47. The van der Waals surface area contributed by atoms with E-state index in [0.717, 1.165) is 26.1 Å². The Morgan fingerprint density at radius 1 is 1.40 bits per heavy atom. The van der Waals surface area contributed by atoms with Crippen LogP contribution in [0.25, 0.3) is 0 Å². The summed E-state index contributed by atoms with van der Waals surface area (Å²) in [5, 5.41) is 0. The van der Waals surface area contributed by atoms with E-state index in [1.165, 1.54) is 22.1 Å². The summed E-state index contributed by atoms with van der Waals surface area (Å²) in [5.74, 6) is 0. The first-order valence-electron chi connectivity index (χ1n) is 7.50. The number of rotatable bonds is 4. The zero-order valence-corrected chi connectivity index (χ0v) is 14.4. The van der Waals surface area contributed by atoms with Crippen LogP contribution in [0.1, 0.15) is 25.8 Å². The van der Waals surface area contributed by atoms with Crippen molar-refractivity contribution in [2.24, 2.45) is 5.73 Å². The number of benzene rings is 1. The van der Waals surface area contributed by atoms with Gasteiger partial charge in [-0.2, -0.15) is 0 Å². The van der Waals surface area contributed by atoms with Crippen LogP contribution < -0.4 is 10.6 Å². The molecule has 1 aromatic carbocycles. The van der Waals surface area contributed by atoms with Gasteiger partial charge in [0, 0.05) is 41.9 Å². The molecular weight excluding hydrogens is 314 g/mol. The lowest BCUT2D eigenvalue weighted by Gasteiger charge is -2.40. The molecule has 2 unspecified atom stereocenters. The molecule has 1 aliphatic heterocycles. The summed E-state index contributed by atoms with van der Waals surface area (Å²) >= 11 is 3.69. The van der Waals surface area contributed by atoms with E-state index >= 15 is 0 Å². The van der Waals surface area contributed by atoms with Crippen LogP contribution in [0.15, 0.2) is 22.7 Å². The lowest BCUT2D eigenvalue weighted by Crippen LogP contribution is -2.51. The zero-order valence-electron chi connectivity index (χ0n) is 12.8. The van der Waals surface area contributed by atoms with Gasteiger partial charge in [-0.1, -0.05) is 28.9 Å². The van der Waals surface area contributed by atoms with Gasteiger partial charge < -0.3 is 10.6 Å². The quantitative estimate of drug-likeness (QED) is 0.915. The molecule has 0 aromatic heterocycles. The maximum absolute atomic E-state index is 5.89. The van der Waals surface area contributed by atoms with Gasteiger partial charge >= 0.3 is 0 Å². The number of piperazine rings is 1. The van der Waals surface area contributed by atoms with Crippen molar-refractivity contribution in [2.45, 2.75) is 38.8 Å². The van der Waals surface area contributed by atoms with Gasteiger partial charge in [-0.25, -0.2) is 0 Å². The van der Waals surface area contributed by atoms with Crippen molar-refractivity contribution in [3.63, 3.8) is 0 Å². The molecule has 2 rings (SSSR count). The lowest BCUT2D eigenvalue weighted by molar-refractivity contribution is 0.213. The number of anilines is 1. The SMILES string of the molecule is CCC1CN(c2ccc(CC(C)N)c(Br)c2)CCN1C. The molecule has 1 saturated heterocycles. The maximum Gasteiger partial charge on any atom is 0.0378 e. The highest BCUT2D eigenvalue weighted by Gasteiger charge is 2.23. The van der Waals surface area contributed by atoms with Gasteiger partial charge in [0.2, 0.25) is 0 Å². The van der Waals surface area contributed by atoms with E-state index < -0.39 is 0 Å². The number of likely N-dealkylation sites (N-methyl/N-ethyl adjacent to an activating group) is 1. The number of nitrogens with two attached hydrogens (primary N) is 1. The molecule has 2 atom stereocenters. The molecule has 0 radical (unpaired) electrons. The Bertz CT molecular complexity index is 447. The molecule has 20 heavy (non-hydrogen) atoms. The van der Waals surface area contributed by atoms with Crippen LogP contribution in [-0.2, 0) is 6.42 Å². The highest BCUT2D eigenvalue weighted by molar-refractivity contribution is 9.10. The molecule has 2 N–H and O–H groups in total. The molecule has 1 aromatic rings. The number of halogens is 1. The first-order chi connectivity index (χ1) is 9.51. The van der Waals surface area contributed by atoms with Crippen molar-refractivity contribution in [2.75, 3.05) is 31.6 Å². The fourth-order valence-corrected chi connectivity index (χ4v) is 3.40. The van der Waals surface area contributed by atoms with E-state index in [1.54, 1.807) is 0 Å². The third-order valence-corrected chi connectivity index (χ3v) is 4.93. The molecule has 112 valence electrons. The second-order valence-electron chi connectivity index (χ2n) is 5.95. The molecule has 1 aliphatic rings. The Balaban J connectivity index is 2.11. The largest absolute Gasteiger partial charge is 0.369 e. The predicted octanol–water partition coefficient (Wildman–Crippen LogP) is 2.87. The van der Waals surface area contributed by atoms with Gasteiger partial charge in [0.1, 0.15) is 0 Å². The first-order valence-corrected chi connectivity index (χ1v) is 8.29. The molecular formula is C16H26BrN3. The van der Waals surface area contributed by atoms with Crippen LogP contribution in [0.3, 0.4) is 0 Å². The van der Waals surface area contributed by atoms with Crippen molar-refractivity contribution < 1.29 is 0 Å². The van der Waals surface area contributed by atoms with Crippen LogP contribution in [0.4, 0.5) is 5.69 Å². The third-order valence-electron chi connectivity index (χ3n) is 4.19. The van der Waals surface area contributed by atoms with Gasteiger partial charge in [0.05, 0.1) is 0 Å². The number of hydrogen-bond donors (Lipinski definition) is 1. The van der Waals surface area contributed by atoms with Gasteiger partial charge in [-0.05, 0) is 44.5 Å². The summed E-state index contributed by atoms with van der Waals surface area (Å²) in [5.41, 5.74) is 8.50. The minimum Gasteiger partial charge on any atom is -0.369 e. The molecule has 4 heteroatoms. The fourth-order valence-electron chi connectivity index (χ4n) is 2.87. The summed E-state index contributed by atoms with van der Waals surface area (Å²) in [7, 11) is 2.23. The second-order valence-corrected chi connectivity index (χ2v) is 6.80. The van der Waals surface area contributed by atoms with Crippen LogP contribution in [-0.4, -0.2) is 43.7 Å². The number of nitrogens with zero attached hydrogens (tertiary/aromatic N) is 2. The maximum atomic E-state index is 5.89. The Hall–Kier alpha value is -0.580. The van der Waals surface area contributed by atoms with Crippen LogP contribution >= 0.6 is 15.9 Å². The molecule has 1 heterocycles. The third kappa shape index (κ3) is 3.74. The highest BCUT2D eigenvalue weighted by atomic mass is 79.9. The normalized spacial score (nSPS) is 22.1. The van der Waals surface area contributed by atoms with E-state index in [1.807, 2.05) is 6.92 Å². The summed E-state index contributed by atoms with van der Waals surface area (Å²) in [6.45, 7) is 7.68. The predicted molar refractivity (Wildman–Crippen MR) is 90.4 cm³/mol. The van der Waals surface area contributed by atoms with Crippen LogP contribution in [0.5, 0.6) is 0 Å². The average molecular weight is 340 g/mol. The molecule has 1 fully saturated rings. The van der Waals surface area contributed by atoms with Crippen molar-refractivity contribution in [3.05, 3.63) is 28.2 Å². The van der Waals surface area contributed by atoms with Gasteiger partial charge in [0.15, 0.2) is 0 Å². The highest BCUT2D eigenvalue weighted by Crippen LogP contribution is 2.27. The first kappa shape index (κ1) is 15.8. The molecule has 0 amide bonds. The Morgan fingerprint density at radius 3 is 2.75 bits per heavy atom. The van der Waals surface area contributed by atoms with Crippen molar-refractivity contribution >= 4 is 21.6 Å². The second kappa shape index (κ2) is 6.92. The minimum absolute atomic E-state index is 0.199. The molecule has 0 spiro atoms. The van der Waals surface area contributed by atoms with E-state index in [-0.39, 0.29) is 6.04 Å². The van der Waals surface area contributed by atoms with Gasteiger partial charge in [-0.15, -0.1) is 0 Å². The lowest BCUT2D eigenvalue weighted by atomic mass is 10.1. The summed E-state index contributed by atoms with van der Waals surface area (Å²) in [6.07, 6.45) is 2.12. The van der Waals surface area contributed by atoms with Crippen molar-refractivity contribution in [1.82, 2.24) is 4.90 Å². The Labute approximate surface area is 131 Å². The smallest absolute Gasteiger partial charge is 0.0378 e. The standard InChI is InChI=1S/C16H26BrN3/c1-4-14-11-20(8-7-19(14)3)15-6-5-13(9-12(2)18)16(17)10-15/h5-6,10,12,14H,4,7-9,11,18H2,1-3H3. The minimum atomic E-state index is 0.199. The summed E-state index contributed by atoms with van der Waals surface area (Å²) in [4.78, 5) is 4.96. The summed E-state index contributed by atoms with van der Waals surface area (Å²) in [6, 6.07) is 7.55. The molecule has 3 nitrogen and oxygen atoms in total. The van der Waals surface area contributed by atoms with E-state index in [2.05, 4.69) is 57.9 Å². The molecule has 0 bridgehead atoms. The van der Waals surface area contributed by atoms with Crippen molar-refractivity contribution in [3.8, 4) is 0 Å². The topological polar surface area (TPSA) is 32.5 Å². The molecule has 0 saturated carbocycles. The summed E-state index contributed by atoms with van der Waals surface area (Å²) < 4.78 is 1.18. The van der Waals surface area contributed by atoms with Crippen molar-refractivity contribution in [1.29, 1.82) is 0 Å². The van der Waals surface area contributed by atoms with Crippen LogP contribution in [0.2, 0.25) is 0 Å². The van der Waals surface area contributed by atoms with Gasteiger partial charge in [0.25, 0.3) is 0 Å². The average Bonchev–Trinajstić information content (AvgIpc) is 2.41. The zero-order chi connectivity index (χ0) is 14.7. The van der Waals surface area contributed by atoms with Gasteiger partial charge in [-0.3, -0.25) is 4.90 Å². The number of hydrogen-bond acceptors (Lipinski definition) is 3. The fraction of sp³-hybridized carbons (Fsp3) is 0.625. The molecule has 0 aliphatic carbocycles. The monoisotopic (exact) mass is 339 g/mol. The van der Waals surface area contributed by atoms with Crippen LogP contribution in [0, 0.1) is 0 Å². The van der Waals surface area contributed by atoms with E-state index in [4.69, 9.17) is 5.73 Å². The van der Waals surface area contributed by atoms with E-state index in [0.29, 0.717) is 6.04 Å². The Morgan fingerprint density at radius 2 is 2.15 bits per heavy atom. The van der Waals surface area contributed by atoms with E-state index in [9.17, 15) is 0 Å².